The zero-order valence-electron chi connectivity index (χ0n) is 8.80. The Kier molecular flexibility index (Phi) is 4.50. The van der Waals surface area contributed by atoms with Crippen molar-refractivity contribution in [3.63, 3.8) is 0 Å². The third kappa shape index (κ3) is 2.32. The number of hydrogen-bond donors (Lipinski definition) is 1. The summed E-state index contributed by atoms with van der Waals surface area (Å²) in [6.45, 7) is 8.07. The van der Waals surface area contributed by atoms with E-state index < -0.39 is 0 Å². The fourth-order valence-electron chi connectivity index (χ4n) is 1.34. The van der Waals surface area contributed by atoms with Gasteiger partial charge >= 0.3 is 0 Å². The summed E-state index contributed by atoms with van der Waals surface area (Å²) in [5.74, 6) is 0. The highest BCUT2D eigenvalue weighted by atomic mass is 15.2. The maximum absolute atomic E-state index is 6.06. The Labute approximate surface area is 76.4 Å². The average Bonchev–Trinajstić information content (AvgIpc) is 2.03. The number of hydrogen-bond acceptors (Lipinski definition) is 2. The third-order valence-corrected chi connectivity index (χ3v) is 2.96. The first-order valence-electron chi connectivity index (χ1n) is 4.53. The second kappa shape index (κ2) is 4.63. The van der Waals surface area contributed by atoms with Crippen LogP contribution in [0.4, 0.5) is 0 Å². The fraction of sp³-hybridized carbons (Fsp3) is 0.800. The van der Waals surface area contributed by atoms with E-state index in [1.165, 1.54) is 0 Å². The van der Waals surface area contributed by atoms with E-state index in [1.54, 1.807) is 0 Å². The molecular formula is C10H22N2. The Morgan fingerprint density at radius 2 is 2.08 bits per heavy atom. The Balaban J connectivity index is 4.38. The summed E-state index contributed by atoms with van der Waals surface area (Å²) in [5, 5.41) is 0. The number of rotatable bonds is 5. The van der Waals surface area contributed by atoms with Crippen molar-refractivity contribution in [1.29, 1.82) is 0 Å². The van der Waals surface area contributed by atoms with Gasteiger partial charge in [-0.1, -0.05) is 13.0 Å². The van der Waals surface area contributed by atoms with Crippen LogP contribution in [0.3, 0.4) is 0 Å². The van der Waals surface area contributed by atoms with E-state index in [9.17, 15) is 0 Å². The largest absolute Gasteiger partial charge is 0.326 e. The lowest BCUT2D eigenvalue weighted by Gasteiger charge is -2.40. The Hall–Kier alpha value is -0.340. The van der Waals surface area contributed by atoms with Gasteiger partial charge in [-0.15, -0.1) is 6.58 Å². The number of nitrogens with zero attached hydrogens (tertiary/aromatic N) is 1. The van der Waals surface area contributed by atoms with Gasteiger partial charge in [-0.2, -0.15) is 0 Å². The van der Waals surface area contributed by atoms with Crippen molar-refractivity contribution in [2.45, 2.75) is 38.3 Å². The highest BCUT2D eigenvalue weighted by Crippen LogP contribution is 2.21. The molecule has 0 spiro atoms. The summed E-state index contributed by atoms with van der Waals surface area (Å²) in [5.41, 5.74) is 6.15. The van der Waals surface area contributed by atoms with Gasteiger partial charge in [0.1, 0.15) is 0 Å². The summed E-state index contributed by atoms with van der Waals surface area (Å²) in [4.78, 5) is 2.20. The zero-order valence-corrected chi connectivity index (χ0v) is 8.80. The molecule has 0 heterocycles. The van der Waals surface area contributed by atoms with Crippen LogP contribution in [0.5, 0.6) is 0 Å². The first kappa shape index (κ1) is 11.7. The SMILES string of the molecule is C=CCC(N)C(C)(CC)N(C)C. The molecule has 0 aliphatic rings. The minimum atomic E-state index is 0.0915. The molecule has 12 heavy (non-hydrogen) atoms. The predicted molar refractivity (Wildman–Crippen MR) is 55.2 cm³/mol. The molecule has 0 fully saturated rings. The minimum absolute atomic E-state index is 0.0915. The number of nitrogens with two attached hydrogens (primary N) is 1. The highest BCUT2D eigenvalue weighted by molar-refractivity contribution is 4.95. The molecule has 0 aliphatic heterocycles. The molecule has 2 unspecified atom stereocenters. The maximum Gasteiger partial charge on any atom is 0.0326 e. The molecule has 2 nitrogen and oxygen atoms in total. The predicted octanol–water partition coefficient (Wildman–Crippen LogP) is 1.62. The smallest absolute Gasteiger partial charge is 0.0326 e. The molecule has 0 aromatic carbocycles. The van der Waals surface area contributed by atoms with Crippen molar-refractivity contribution in [1.82, 2.24) is 4.90 Å². The van der Waals surface area contributed by atoms with Crippen LogP contribution in [0.25, 0.3) is 0 Å². The van der Waals surface area contributed by atoms with Gasteiger partial charge in [-0.25, -0.2) is 0 Å². The van der Waals surface area contributed by atoms with E-state index in [4.69, 9.17) is 5.73 Å². The second-order valence-electron chi connectivity index (χ2n) is 3.74. The molecule has 0 rings (SSSR count). The Bertz CT molecular complexity index is 143. The summed E-state index contributed by atoms with van der Waals surface area (Å²) in [7, 11) is 4.15. The van der Waals surface area contributed by atoms with E-state index in [0.717, 1.165) is 12.8 Å². The molecule has 72 valence electrons. The molecule has 0 bridgehead atoms. The van der Waals surface area contributed by atoms with Crippen LogP contribution >= 0.6 is 0 Å². The van der Waals surface area contributed by atoms with Crippen molar-refractivity contribution < 1.29 is 0 Å². The molecule has 0 aromatic heterocycles. The lowest BCUT2D eigenvalue weighted by Crippen LogP contribution is -2.54. The quantitative estimate of drug-likeness (QED) is 0.635. The van der Waals surface area contributed by atoms with Crippen molar-refractivity contribution in [2.24, 2.45) is 5.73 Å². The summed E-state index contributed by atoms with van der Waals surface area (Å²) < 4.78 is 0. The molecule has 2 N–H and O–H groups in total. The highest BCUT2D eigenvalue weighted by Gasteiger charge is 2.30. The molecule has 2 atom stereocenters. The Morgan fingerprint density at radius 3 is 2.33 bits per heavy atom. The maximum atomic E-state index is 6.06. The molecular weight excluding hydrogens is 148 g/mol. The van der Waals surface area contributed by atoms with Crippen molar-refractivity contribution >= 4 is 0 Å². The van der Waals surface area contributed by atoms with Gasteiger partial charge in [0.15, 0.2) is 0 Å². The van der Waals surface area contributed by atoms with Crippen molar-refractivity contribution in [2.75, 3.05) is 14.1 Å². The van der Waals surface area contributed by atoms with E-state index in [0.29, 0.717) is 0 Å². The normalized spacial score (nSPS) is 18.8. The standard InChI is InChI=1S/C10H22N2/c1-6-8-9(11)10(3,7-2)12(4)5/h6,9H,1,7-8,11H2,2-5H3. The molecule has 0 saturated heterocycles. The summed E-state index contributed by atoms with van der Waals surface area (Å²) in [6.07, 6.45) is 3.83. The lowest BCUT2D eigenvalue weighted by atomic mass is 9.87. The molecule has 0 saturated carbocycles. The molecule has 0 radical (unpaired) electrons. The fourth-order valence-corrected chi connectivity index (χ4v) is 1.34. The second-order valence-corrected chi connectivity index (χ2v) is 3.74. The molecule has 2 heteroatoms. The van der Waals surface area contributed by atoms with Gasteiger partial charge in [0.25, 0.3) is 0 Å². The van der Waals surface area contributed by atoms with E-state index in [1.807, 2.05) is 6.08 Å². The van der Waals surface area contributed by atoms with E-state index >= 15 is 0 Å². The van der Waals surface area contributed by atoms with Crippen LogP contribution in [-0.4, -0.2) is 30.6 Å². The zero-order chi connectivity index (χ0) is 9.78. The van der Waals surface area contributed by atoms with Crippen LogP contribution in [0.1, 0.15) is 26.7 Å². The minimum Gasteiger partial charge on any atom is -0.326 e. The van der Waals surface area contributed by atoms with Crippen LogP contribution < -0.4 is 5.73 Å². The van der Waals surface area contributed by atoms with Gasteiger partial charge in [-0.05, 0) is 33.9 Å². The average molecular weight is 170 g/mol. The van der Waals surface area contributed by atoms with Crippen molar-refractivity contribution in [3.8, 4) is 0 Å². The van der Waals surface area contributed by atoms with Gasteiger partial charge in [-0.3, -0.25) is 0 Å². The lowest BCUT2D eigenvalue weighted by molar-refractivity contribution is 0.132. The Morgan fingerprint density at radius 1 is 1.58 bits per heavy atom. The summed E-state index contributed by atoms with van der Waals surface area (Å²) >= 11 is 0. The first-order valence-corrected chi connectivity index (χ1v) is 4.53. The first-order chi connectivity index (χ1) is 5.49. The van der Waals surface area contributed by atoms with Crippen molar-refractivity contribution in [3.05, 3.63) is 12.7 Å². The van der Waals surface area contributed by atoms with Crippen LogP contribution in [0.15, 0.2) is 12.7 Å². The third-order valence-electron chi connectivity index (χ3n) is 2.96. The van der Waals surface area contributed by atoms with Crippen LogP contribution in [0, 0.1) is 0 Å². The molecule has 0 amide bonds. The van der Waals surface area contributed by atoms with Crippen LogP contribution in [0.2, 0.25) is 0 Å². The topological polar surface area (TPSA) is 29.3 Å². The van der Waals surface area contributed by atoms with Crippen LogP contribution in [-0.2, 0) is 0 Å². The van der Waals surface area contributed by atoms with Gasteiger partial charge in [0, 0.05) is 11.6 Å². The summed E-state index contributed by atoms with van der Waals surface area (Å²) in [6, 6.07) is 0.176. The molecule has 0 aromatic rings. The molecule has 0 aliphatic carbocycles. The monoisotopic (exact) mass is 170 g/mol. The van der Waals surface area contributed by atoms with Gasteiger partial charge < -0.3 is 10.6 Å². The van der Waals surface area contributed by atoms with Gasteiger partial charge in [0.2, 0.25) is 0 Å². The van der Waals surface area contributed by atoms with E-state index in [-0.39, 0.29) is 11.6 Å². The van der Waals surface area contributed by atoms with Gasteiger partial charge in [0.05, 0.1) is 0 Å². The van der Waals surface area contributed by atoms with E-state index in [2.05, 4.69) is 39.4 Å². The number of likely N-dealkylation sites (N-methyl/N-ethyl adjacent to an activating group) is 1.